The van der Waals surface area contributed by atoms with Crippen molar-refractivity contribution in [2.45, 2.75) is 13.8 Å². The van der Waals surface area contributed by atoms with Crippen molar-refractivity contribution in [3.8, 4) is 0 Å². The van der Waals surface area contributed by atoms with Crippen molar-refractivity contribution in [3.05, 3.63) is 11.8 Å². The summed E-state index contributed by atoms with van der Waals surface area (Å²) in [5, 5.41) is 8.36. The van der Waals surface area contributed by atoms with Gasteiger partial charge in [0.2, 0.25) is 0 Å². The van der Waals surface area contributed by atoms with Gasteiger partial charge in [0, 0.05) is 32.3 Å². The van der Waals surface area contributed by atoms with E-state index in [0.717, 1.165) is 0 Å². The Hall–Kier alpha value is 0.0931. The monoisotopic (exact) mass is 190 g/mol. The van der Waals surface area contributed by atoms with Gasteiger partial charge in [-0.1, -0.05) is 0 Å². The molecule has 0 atom stereocenters. The molecular formula is C5H8O2Zr. The van der Waals surface area contributed by atoms with Crippen LogP contribution in [0.25, 0.3) is 0 Å². The Bertz CT molecular complexity index is 103. The van der Waals surface area contributed by atoms with E-state index in [1.807, 2.05) is 0 Å². The first-order valence-corrected chi connectivity index (χ1v) is 2.01. The van der Waals surface area contributed by atoms with Gasteiger partial charge in [-0.15, -0.1) is 0 Å². The second-order valence-corrected chi connectivity index (χ2v) is 1.40. The number of rotatable bonds is 1. The van der Waals surface area contributed by atoms with Crippen molar-refractivity contribution in [3.63, 3.8) is 0 Å². The van der Waals surface area contributed by atoms with Gasteiger partial charge in [0.05, 0.1) is 5.76 Å². The van der Waals surface area contributed by atoms with Gasteiger partial charge in [0.1, 0.15) is 0 Å². The summed E-state index contributed by atoms with van der Waals surface area (Å²) in [6.45, 7) is 2.85. The van der Waals surface area contributed by atoms with Gasteiger partial charge in [0.15, 0.2) is 5.78 Å². The standard InChI is InChI=1S/C5H8O2.Zr/c1-4(6)3-5(2)7;/h3,6H,1-2H3;/b4-3-;. The summed E-state index contributed by atoms with van der Waals surface area (Å²) in [6, 6.07) is 0. The third-order valence-electron chi connectivity index (χ3n) is 0.412. The molecule has 2 nitrogen and oxygen atoms in total. The molecule has 0 fully saturated rings. The summed E-state index contributed by atoms with van der Waals surface area (Å²) >= 11 is 0. The minimum absolute atomic E-state index is 0. The average Bonchev–Trinajstić information content (AvgIpc) is 1.27. The van der Waals surface area contributed by atoms with Crippen LogP contribution in [0.5, 0.6) is 0 Å². The summed E-state index contributed by atoms with van der Waals surface area (Å²) in [5.41, 5.74) is 0. The fourth-order valence-corrected chi connectivity index (χ4v) is 0.294. The molecule has 3 heteroatoms. The van der Waals surface area contributed by atoms with E-state index in [-0.39, 0.29) is 37.7 Å². The molecule has 0 heterocycles. The Morgan fingerprint density at radius 2 is 1.88 bits per heavy atom. The molecule has 0 bridgehead atoms. The molecule has 8 heavy (non-hydrogen) atoms. The summed E-state index contributed by atoms with van der Waals surface area (Å²) < 4.78 is 0. The molecule has 0 aromatic heterocycles. The average molecular weight is 191 g/mol. The van der Waals surface area contributed by atoms with Crippen molar-refractivity contribution in [2.75, 3.05) is 0 Å². The molecule has 0 amide bonds. The number of aliphatic hydroxyl groups is 1. The van der Waals surface area contributed by atoms with Gasteiger partial charge < -0.3 is 5.11 Å². The van der Waals surface area contributed by atoms with Crippen molar-refractivity contribution >= 4 is 5.78 Å². The Kier molecular flexibility index (Phi) is 7.18. The number of carbonyl (C=O) groups excluding carboxylic acids is 1. The Labute approximate surface area is 67.7 Å². The molecule has 0 aromatic rings. The molecule has 0 radical (unpaired) electrons. The van der Waals surface area contributed by atoms with Gasteiger partial charge in [-0.25, -0.2) is 0 Å². The van der Waals surface area contributed by atoms with Crippen molar-refractivity contribution in [1.82, 2.24) is 0 Å². The summed E-state index contributed by atoms with van der Waals surface area (Å²) in [6.07, 6.45) is 1.17. The molecular weight excluding hydrogens is 183 g/mol. The van der Waals surface area contributed by atoms with Crippen LogP contribution in [-0.4, -0.2) is 10.9 Å². The van der Waals surface area contributed by atoms with Crippen molar-refractivity contribution in [2.24, 2.45) is 0 Å². The van der Waals surface area contributed by atoms with Crippen LogP contribution in [0.1, 0.15) is 13.8 Å². The number of allylic oxidation sites excluding steroid dienone is 2. The first-order valence-electron chi connectivity index (χ1n) is 2.01. The quantitative estimate of drug-likeness (QED) is 0.496. The number of hydrogen-bond donors (Lipinski definition) is 1. The Morgan fingerprint density at radius 3 is 1.88 bits per heavy atom. The molecule has 0 aliphatic carbocycles. The van der Waals surface area contributed by atoms with Crippen LogP contribution in [0, 0.1) is 0 Å². The zero-order valence-electron chi connectivity index (χ0n) is 4.93. The molecule has 0 aliphatic heterocycles. The van der Waals surface area contributed by atoms with Crippen molar-refractivity contribution in [1.29, 1.82) is 0 Å². The molecule has 0 saturated carbocycles. The van der Waals surface area contributed by atoms with Crippen LogP contribution in [-0.2, 0) is 31.0 Å². The molecule has 0 unspecified atom stereocenters. The number of ketones is 1. The molecule has 0 saturated heterocycles. The number of hydrogen-bond acceptors (Lipinski definition) is 2. The maximum absolute atomic E-state index is 10.0. The van der Waals surface area contributed by atoms with E-state index < -0.39 is 0 Å². The Balaban J connectivity index is 0. The smallest absolute Gasteiger partial charge is 0.155 e. The summed E-state index contributed by atoms with van der Waals surface area (Å²) in [4.78, 5) is 10.0. The maximum atomic E-state index is 10.0. The third-order valence-corrected chi connectivity index (χ3v) is 0.412. The molecule has 0 spiro atoms. The topological polar surface area (TPSA) is 37.3 Å². The molecule has 0 rings (SSSR count). The fourth-order valence-electron chi connectivity index (χ4n) is 0.294. The van der Waals surface area contributed by atoms with Gasteiger partial charge >= 0.3 is 0 Å². The van der Waals surface area contributed by atoms with Crippen LogP contribution in [0.15, 0.2) is 11.8 Å². The summed E-state index contributed by atoms with van der Waals surface area (Å²) in [7, 11) is 0. The van der Waals surface area contributed by atoms with E-state index in [2.05, 4.69) is 0 Å². The van der Waals surface area contributed by atoms with E-state index in [4.69, 9.17) is 5.11 Å². The van der Waals surface area contributed by atoms with Crippen LogP contribution in [0.3, 0.4) is 0 Å². The van der Waals surface area contributed by atoms with Crippen molar-refractivity contribution < 1.29 is 36.1 Å². The zero-order valence-corrected chi connectivity index (χ0v) is 7.39. The van der Waals surface area contributed by atoms with Gasteiger partial charge in [-0.2, -0.15) is 0 Å². The van der Waals surface area contributed by atoms with Gasteiger partial charge in [-0.05, 0) is 13.8 Å². The predicted octanol–water partition coefficient (Wildman–Crippen LogP) is 1.03. The van der Waals surface area contributed by atoms with Crippen LogP contribution < -0.4 is 0 Å². The van der Waals surface area contributed by atoms with E-state index in [9.17, 15) is 4.79 Å². The van der Waals surface area contributed by atoms with Gasteiger partial charge in [0.25, 0.3) is 0 Å². The van der Waals surface area contributed by atoms with E-state index >= 15 is 0 Å². The largest absolute Gasteiger partial charge is 0.512 e. The predicted molar refractivity (Wildman–Crippen MR) is 27.1 cm³/mol. The van der Waals surface area contributed by atoms with Crippen LogP contribution in [0.2, 0.25) is 0 Å². The van der Waals surface area contributed by atoms with Gasteiger partial charge in [-0.3, -0.25) is 4.79 Å². The minimum Gasteiger partial charge on any atom is -0.512 e. The van der Waals surface area contributed by atoms with Crippen LogP contribution >= 0.6 is 0 Å². The van der Waals surface area contributed by atoms with E-state index in [0.29, 0.717) is 0 Å². The van der Waals surface area contributed by atoms with E-state index in [1.165, 1.54) is 19.9 Å². The number of carbonyl (C=O) groups is 1. The molecule has 1 N–H and O–H groups in total. The zero-order chi connectivity index (χ0) is 5.86. The first kappa shape index (κ1) is 11.0. The minimum atomic E-state index is -0.125. The second-order valence-electron chi connectivity index (χ2n) is 1.40. The number of aliphatic hydroxyl groups excluding tert-OH is 1. The maximum Gasteiger partial charge on any atom is 0.155 e. The first-order chi connectivity index (χ1) is 3.13. The molecule has 44 valence electrons. The Morgan fingerprint density at radius 1 is 1.50 bits per heavy atom. The fraction of sp³-hybridized carbons (Fsp3) is 0.400. The molecule has 0 aliphatic rings. The SMILES string of the molecule is CC(=O)/C=C(/C)O.[Zr]. The normalized spacial score (nSPS) is 10.0. The third kappa shape index (κ3) is 9.43. The second kappa shape index (κ2) is 5.23. The van der Waals surface area contributed by atoms with E-state index in [1.54, 1.807) is 0 Å². The summed E-state index contributed by atoms with van der Waals surface area (Å²) in [5.74, 6) is -0.0625. The van der Waals surface area contributed by atoms with Crippen LogP contribution in [0.4, 0.5) is 0 Å². The molecule has 0 aromatic carbocycles.